The molecule has 1 aliphatic heterocycles. The van der Waals surface area contributed by atoms with Gasteiger partial charge in [-0.05, 0) is 63.5 Å². The first-order valence-electron chi connectivity index (χ1n) is 7.18. The van der Waals surface area contributed by atoms with Gasteiger partial charge in [-0.3, -0.25) is 0 Å². The van der Waals surface area contributed by atoms with Crippen molar-refractivity contribution in [1.82, 2.24) is 9.62 Å². The molecule has 7 heteroatoms. The molecule has 0 aliphatic carbocycles. The molecule has 1 aromatic rings. The van der Waals surface area contributed by atoms with Gasteiger partial charge in [0, 0.05) is 6.54 Å². The van der Waals surface area contributed by atoms with Crippen LogP contribution < -0.4 is 10.5 Å². The number of aryl methyl sites for hydroxylation is 1. The van der Waals surface area contributed by atoms with Crippen LogP contribution in [-0.2, 0) is 10.0 Å². The van der Waals surface area contributed by atoms with Crippen LogP contribution in [0.15, 0.2) is 17.0 Å². The summed E-state index contributed by atoms with van der Waals surface area (Å²) >= 11 is 0. The van der Waals surface area contributed by atoms with Gasteiger partial charge in [-0.1, -0.05) is 0 Å². The zero-order valence-corrected chi connectivity index (χ0v) is 13.0. The van der Waals surface area contributed by atoms with E-state index in [2.05, 4.69) is 9.62 Å². The van der Waals surface area contributed by atoms with Crippen LogP contribution in [0.25, 0.3) is 0 Å². The highest BCUT2D eigenvalue weighted by Crippen LogP contribution is 2.20. The van der Waals surface area contributed by atoms with Crippen LogP contribution in [0, 0.1) is 12.7 Å². The molecule has 1 aliphatic rings. The molecular formula is C14H22FN3O2S. The van der Waals surface area contributed by atoms with Crippen molar-refractivity contribution in [2.24, 2.45) is 0 Å². The van der Waals surface area contributed by atoms with Crippen molar-refractivity contribution in [3.8, 4) is 0 Å². The van der Waals surface area contributed by atoms with Gasteiger partial charge >= 0.3 is 0 Å². The number of halogens is 1. The molecule has 0 radical (unpaired) electrons. The van der Waals surface area contributed by atoms with E-state index in [0.717, 1.165) is 32.1 Å². The number of rotatable bonds is 6. The van der Waals surface area contributed by atoms with Gasteiger partial charge in [0.2, 0.25) is 10.0 Å². The monoisotopic (exact) mass is 315 g/mol. The van der Waals surface area contributed by atoms with Gasteiger partial charge in [0.05, 0.1) is 10.6 Å². The molecule has 21 heavy (non-hydrogen) atoms. The van der Waals surface area contributed by atoms with Crippen molar-refractivity contribution in [2.45, 2.75) is 31.1 Å². The topological polar surface area (TPSA) is 75.4 Å². The highest BCUT2D eigenvalue weighted by Gasteiger charge is 2.17. The maximum Gasteiger partial charge on any atom is 0.240 e. The Labute approximate surface area is 125 Å². The lowest BCUT2D eigenvalue weighted by molar-refractivity contribution is 0.334. The van der Waals surface area contributed by atoms with Gasteiger partial charge in [-0.2, -0.15) is 0 Å². The number of benzene rings is 1. The Morgan fingerprint density at radius 2 is 2.00 bits per heavy atom. The molecule has 2 rings (SSSR count). The molecule has 118 valence electrons. The van der Waals surface area contributed by atoms with Gasteiger partial charge in [-0.25, -0.2) is 17.5 Å². The number of nitrogen functional groups attached to an aromatic ring is 1. The highest BCUT2D eigenvalue weighted by atomic mass is 32.2. The summed E-state index contributed by atoms with van der Waals surface area (Å²) in [5.41, 5.74) is 5.57. The molecule has 5 nitrogen and oxygen atoms in total. The highest BCUT2D eigenvalue weighted by molar-refractivity contribution is 7.89. The summed E-state index contributed by atoms with van der Waals surface area (Å²) in [4.78, 5) is 2.34. The second-order valence-corrected chi connectivity index (χ2v) is 7.21. The normalized spacial score (nSPS) is 16.5. The Hall–Kier alpha value is -1.18. The van der Waals surface area contributed by atoms with Crippen LogP contribution in [-0.4, -0.2) is 39.5 Å². The first-order chi connectivity index (χ1) is 9.90. The molecule has 0 amide bonds. The second-order valence-electron chi connectivity index (χ2n) is 5.44. The predicted octanol–water partition coefficient (Wildman–Crippen LogP) is 1.48. The summed E-state index contributed by atoms with van der Waals surface area (Å²) in [6.45, 7) is 4.96. The molecule has 1 aromatic carbocycles. The molecule has 1 fully saturated rings. The lowest BCUT2D eigenvalue weighted by atomic mass is 10.2. The Balaban J connectivity index is 1.92. The number of sulfonamides is 1. The first-order valence-corrected chi connectivity index (χ1v) is 8.66. The van der Waals surface area contributed by atoms with Crippen molar-refractivity contribution in [3.05, 3.63) is 23.5 Å². The molecule has 0 unspecified atom stereocenters. The lowest BCUT2D eigenvalue weighted by Gasteiger charge is -2.14. The number of likely N-dealkylation sites (tertiary alicyclic amines) is 1. The summed E-state index contributed by atoms with van der Waals surface area (Å²) in [7, 11) is -3.63. The van der Waals surface area contributed by atoms with Crippen molar-refractivity contribution in [2.75, 3.05) is 31.9 Å². The summed E-state index contributed by atoms with van der Waals surface area (Å²) in [5.74, 6) is -0.567. The smallest absolute Gasteiger partial charge is 0.240 e. The molecule has 0 saturated carbocycles. The molecule has 0 aromatic heterocycles. The van der Waals surface area contributed by atoms with Crippen LogP contribution in [0.4, 0.5) is 10.1 Å². The van der Waals surface area contributed by atoms with Crippen molar-refractivity contribution in [3.63, 3.8) is 0 Å². The first kappa shape index (κ1) is 16.2. The summed E-state index contributed by atoms with van der Waals surface area (Å²) in [6, 6.07) is 2.46. The Kier molecular flexibility index (Phi) is 5.18. The Morgan fingerprint density at radius 1 is 1.33 bits per heavy atom. The van der Waals surface area contributed by atoms with Crippen LogP contribution in [0.3, 0.4) is 0 Å². The SMILES string of the molecule is Cc1cc(S(=O)(=O)NCCCN2CCCC2)cc(N)c1F. The Bertz CT molecular complexity index is 575. The molecule has 0 spiro atoms. The van der Waals surface area contributed by atoms with Crippen LogP contribution in [0.1, 0.15) is 24.8 Å². The minimum absolute atomic E-state index is 0.0140. The van der Waals surface area contributed by atoms with E-state index in [9.17, 15) is 12.8 Å². The molecule has 1 heterocycles. The van der Waals surface area contributed by atoms with E-state index in [1.807, 2.05) is 0 Å². The fourth-order valence-electron chi connectivity index (χ4n) is 2.52. The maximum absolute atomic E-state index is 13.4. The summed E-state index contributed by atoms with van der Waals surface area (Å²) in [6.07, 6.45) is 3.20. The van der Waals surface area contributed by atoms with Crippen molar-refractivity contribution in [1.29, 1.82) is 0 Å². The van der Waals surface area contributed by atoms with E-state index >= 15 is 0 Å². The van der Waals surface area contributed by atoms with Crippen LogP contribution in [0.5, 0.6) is 0 Å². The third-order valence-corrected chi connectivity index (χ3v) is 5.15. The number of hydrogen-bond donors (Lipinski definition) is 2. The van der Waals surface area contributed by atoms with E-state index in [4.69, 9.17) is 5.73 Å². The second kappa shape index (κ2) is 6.72. The van der Waals surface area contributed by atoms with Gasteiger partial charge in [0.15, 0.2) is 0 Å². The maximum atomic E-state index is 13.4. The molecule has 1 saturated heterocycles. The number of anilines is 1. The van der Waals surface area contributed by atoms with E-state index in [0.29, 0.717) is 6.54 Å². The van der Waals surface area contributed by atoms with E-state index in [1.54, 1.807) is 0 Å². The van der Waals surface area contributed by atoms with Gasteiger partial charge in [0.25, 0.3) is 0 Å². The lowest BCUT2D eigenvalue weighted by Crippen LogP contribution is -2.29. The van der Waals surface area contributed by atoms with E-state index < -0.39 is 15.8 Å². The minimum Gasteiger partial charge on any atom is -0.396 e. The zero-order valence-electron chi connectivity index (χ0n) is 12.2. The molecule has 3 N–H and O–H groups in total. The minimum atomic E-state index is -3.63. The molecular weight excluding hydrogens is 293 g/mol. The third-order valence-electron chi connectivity index (χ3n) is 3.71. The quantitative estimate of drug-likeness (QED) is 0.616. The molecule has 0 atom stereocenters. The average molecular weight is 315 g/mol. The average Bonchev–Trinajstić information content (AvgIpc) is 2.93. The summed E-state index contributed by atoms with van der Waals surface area (Å²) < 4.78 is 40.3. The standard InChI is InChI=1S/C14H22FN3O2S/c1-11-9-12(10-13(16)14(11)15)21(19,20)17-5-4-8-18-6-2-3-7-18/h9-10,17H,2-8,16H2,1H3. The number of nitrogens with one attached hydrogen (secondary N) is 1. The van der Waals surface area contributed by atoms with Gasteiger partial charge < -0.3 is 10.6 Å². The van der Waals surface area contributed by atoms with Gasteiger partial charge in [0.1, 0.15) is 5.82 Å². The van der Waals surface area contributed by atoms with E-state index in [-0.39, 0.29) is 16.1 Å². The predicted molar refractivity (Wildman–Crippen MR) is 81.0 cm³/mol. The number of nitrogens with zero attached hydrogens (tertiary/aromatic N) is 1. The van der Waals surface area contributed by atoms with Gasteiger partial charge in [-0.15, -0.1) is 0 Å². The largest absolute Gasteiger partial charge is 0.396 e. The van der Waals surface area contributed by atoms with Crippen LogP contribution in [0.2, 0.25) is 0 Å². The Morgan fingerprint density at radius 3 is 2.62 bits per heavy atom. The van der Waals surface area contributed by atoms with E-state index in [1.165, 1.54) is 25.8 Å². The fraction of sp³-hybridized carbons (Fsp3) is 0.571. The summed E-state index contributed by atoms with van der Waals surface area (Å²) in [5, 5.41) is 0. The zero-order chi connectivity index (χ0) is 15.5. The van der Waals surface area contributed by atoms with Crippen LogP contribution >= 0.6 is 0 Å². The number of nitrogens with two attached hydrogens (primary N) is 1. The molecule has 0 bridgehead atoms. The fourth-order valence-corrected chi connectivity index (χ4v) is 3.71. The van der Waals surface area contributed by atoms with Crippen molar-refractivity contribution < 1.29 is 12.8 Å². The number of hydrogen-bond acceptors (Lipinski definition) is 4. The third kappa shape index (κ3) is 4.15. The van der Waals surface area contributed by atoms with Crippen molar-refractivity contribution >= 4 is 15.7 Å².